The number of hydrogen-bond acceptors (Lipinski definition) is 4. The van der Waals surface area contributed by atoms with Crippen LogP contribution < -0.4 is 11.3 Å². The molecule has 5 nitrogen and oxygen atoms in total. The summed E-state index contributed by atoms with van der Waals surface area (Å²) in [4.78, 5) is 12.3. The zero-order valence-electron chi connectivity index (χ0n) is 9.79. The zero-order valence-corrected chi connectivity index (χ0v) is 9.79. The quantitative estimate of drug-likeness (QED) is 0.351. The highest BCUT2D eigenvalue weighted by Gasteiger charge is 2.37. The van der Waals surface area contributed by atoms with Gasteiger partial charge in [0.15, 0.2) is 0 Å². The summed E-state index contributed by atoms with van der Waals surface area (Å²) in [5.74, 6) is 3.89. The number of nitrogens with one attached hydrogen (secondary N) is 1. The number of alkyl halides is 3. The molecular formula is C9H18F3N3O2. The van der Waals surface area contributed by atoms with Crippen molar-refractivity contribution in [3.8, 4) is 0 Å². The minimum Gasteiger partial charge on any atom is -0.395 e. The van der Waals surface area contributed by atoms with Gasteiger partial charge in [0, 0.05) is 6.54 Å². The van der Waals surface area contributed by atoms with Crippen LogP contribution in [-0.4, -0.2) is 47.8 Å². The van der Waals surface area contributed by atoms with Crippen molar-refractivity contribution in [3.05, 3.63) is 0 Å². The van der Waals surface area contributed by atoms with Crippen molar-refractivity contribution in [2.45, 2.75) is 26.1 Å². The predicted molar refractivity (Wildman–Crippen MR) is 55.7 cm³/mol. The van der Waals surface area contributed by atoms with E-state index in [0.29, 0.717) is 0 Å². The molecule has 8 heteroatoms. The molecule has 4 N–H and O–H groups in total. The third-order valence-corrected chi connectivity index (χ3v) is 2.21. The second-order valence-corrected chi connectivity index (χ2v) is 4.01. The van der Waals surface area contributed by atoms with Crippen LogP contribution in [0.5, 0.6) is 0 Å². The van der Waals surface area contributed by atoms with Crippen LogP contribution in [0, 0.1) is 5.92 Å². The summed E-state index contributed by atoms with van der Waals surface area (Å²) >= 11 is 0. The second-order valence-electron chi connectivity index (χ2n) is 4.01. The van der Waals surface area contributed by atoms with E-state index >= 15 is 0 Å². The van der Waals surface area contributed by atoms with Crippen LogP contribution in [0.25, 0.3) is 0 Å². The first-order valence-corrected chi connectivity index (χ1v) is 5.15. The monoisotopic (exact) mass is 257 g/mol. The van der Waals surface area contributed by atoms with Crippen molar-refractivity contribution in [2.75, 3.05) is 19.7 Å². The van der Waals surface area contributed by atoms with Gasteiger partial charge < -0.3 is 5.11 Å². The Morgan fingerprint density at radius 2 is 2.00 bits per heavy atom. The third-order valence-electron chi connectivity index (χ3n) is 2.21. The van der Waals surface area contributed by atoms with E-state index in [1.807, 2.05) is 5.43 Å². The summed E-state index contributed by atoms with van der Waals surface area (Å²) in [5.41, 5.74) is 1.84. The Hall–Kier alpha value is -0.860. The molecule has 0 fully saturated rings. The molecule has 0 aromatic heterocycles. The number of halogens is 3. The number of rotatable bonds is 6. The Labute approximate surface area is 97.7 Å². The van der Waals surface area contributed by atoms with Gasteiger partial charge in [-0.25, -0.2) is 5.84 Å². The van der Waals surface area contributed by atoms with Crippen LogP contribution in [0.2, 0.25) is 0 Å². The highest BCUT2D eigenvalue weighted by atomic mass is 19.4. The molecule has 0 aromatic rings. The summed E-state index contributed by atoms with van der Waals surface area (Å²) in [6, 6.07) is -1.02. The van der Waals surface area contributed by atoms with Crippen LogP contribution in [0.3, 0.4) is 0 Å². The molecule has 0 radical (unpaired) electrons. The van der Waals surface area contributed by atoms with Crippen LogP contribution in [-0.2, 0) is 4.79 Å². The number of hydrogen-bond donors (Lipinski definition) is 3. The molecule has 0 saturated carbocycles. The molecule has 0 heterocycles. The van der Waals surface area contributed by atoms with Crippen molar-refractivity contribution in [2.24, 2.45) is 11.8 Å². The van der Waals surface area contributed by atoms with Gasteiger partial charge in [-0.1, -0.05) is 13.8 Å². The minimum atomic E-state index is -4.43. The Kier molecular flexibility index (Phi) is 6.43. The highest BCUT2D eigenvalue weighted by Crippen LogP contribution is 2.20. The number of amides is 1. The van der Waals surface area contributed by atoms with Gasteiger partial charge in [0.2, 0.25) is 0 Å². The van der Waals surface area contributed by atoms with Gasteiger partial charge in [-0.15, -0.1) is 0 Å². The number of hydrazine groups is 1. The minimum absolute atomic E-state index is 0.240. The Morgan fingerprint density at radius 1 is 1.47 bits per heavy atom. The number of aliphatic hydroxyl groups excluding tert-OH is 1. The van der Waals surface area contributed by atoms with E-state index in [9.17, 15) is 18.0 Å². The average molecular weight is 257 g/mol. The molecule has 102 valence electrons. The van der Waals surface area contributed by atoms with E-state index in [-0.39, 0.29) is 12.5 Å². The van der Waals surface area contributed by atoms with Gasteiger partial charge in [0.05, 0.1) is 19.2 Å². The molecule has 1 amide bonds. The normalized spacial score (nSPS) is 14.2. The van der Waals surface area contributed by atoms with Gasteiger partial charge in [-0.2, -0.15) is 13.2 Å². The molecule has 0 spiro atoms. The van der Waals surface area contributed by atoms with Gasteiger partial charge >= 0.3 is 6.18 Å². The van der Waals surface area contributed by atoms with Crippen LogP contribution >= 0.6 is 0 Å². The molecular weight excluding hydrogens is 239 g/mol. The molecule has 0 saturated heterocycles. The number of carbonyl (C=O) groups is 1. The fourth-order valence-electron chi connectivity index (χ4n) is 1.65. The summed E-state index contributed by atoms with van der Waals surface area (Å²) in [5, 5.41) is 8.75. The van der Waals surface area contributed by atoms with Gasteiger partial charge in [-0.05, 0) is 5.92 Å². The van der Waals surface area contributed by atoms with Crippen molar-refractivity contribution in [3.63, 3.8) is 0 Å². The fraction of sp³-hybridized carbons (Fsp3) is 0.889. The van der Waals surface area contributed by atoms with E-state index in [1.165, 1.54) is 0 Å². The van der Waals surface area contributed by atoms with Crippen molar-refractivity contribution in [1.82, 2.24) is 10.3 Å². The second kappa shape index (κ2) is 6.77. The summed E-state index contributed by atoms with van der Waals surface area (Å²) in [6.45, 7) is 1.26. The van der Waals surface area contributed by atoms with Gasteiger partial charge in [-0.3, -0.25) is 15.1 Å². The lowest BCUT2D eigenvalue weighted by molar-refractivity contribution is -0.158. The maximum Gasteiger partial charge on any atom is 0.401 e. The van der Waals surface area contributed by atoms with Crippen molar-refractivity contribution in [1.29, 1.82) is 0 Å². The lowest BCUT2D eigenvalue weighted by atomic mass is 10.0. The summed E-state index contributed by atoms with van der Waals surface area (Å²) in [7, 11) is 0. The lowest BCUT2D eigenvalue weighted by Crippen LogP contribution is -2.54. The first-order chi connectivity index (χ1) is 7.72. The predicted octanol–water partition coefficient (Wildman–Crippen LogP) is -0.142. The molecule has 1 atom stereocenters. The maximum absolute atomic E-state index is 12.3. The zero-order chi connectivity index (χ0) is 13.6. The number of carbonyl (C=O) groups excluding carboxylic acids is 1. The Balaban J connectivity index is 4.89. The van der Waals surface area contributed by atoms with Crippen LogP contribution in [0.1, 0.15) is 13.8 Å². The average Bonchev–Trinajstić information content (AvgIpc) is 2.14. The van der Waals surface area contributed by atoms with E-state index in [1.54, 1.807) is 13.8 Å². The Bertz CT molecular complexity index is 246. The van der Waals surface area contributed by atoms with Gasteiger partial charge in [0.25, 0.3) is 5.91 Å². The van der Waals surface area contributed by atoms with Gasteiger partial charge in [0.1, 0.15) is 0 Å². The SMILES string of the molecule is CC(C)C(C(=O)NN)N(CCO)CC(F)(F)F. The molecule has 17 heavy (non-hydrogen) atoms. The summed E-state index contributed by atoms with van der Waals surface area (Å²) in [6.07, 6.45) is -4.43. The van der Waals surface area contributed by atoms with E-state index in [4.69, 9.17) is 10.9 Å². The first-order valence-electron chi connectivity index (χ1n) is 5.15. The van der Waals surface area contributed by atoms with Crippen LogP contribution in [0.15, 0.2) is 0 Å². The first kappa shape index (κ1) is 16.1. The van der Waals surface area contributed by atoms with Crippen molar-refractivity contribution >= 4 is 5.91 Å². The fourth-order valence-corrected chi connectivity index (χ4v) is 1.65. The van der Waals surface area contributed by atoms with Crippen molar-refractivity contribution < 1.29 is 23.1 Å². The number of nitrogens with two attached hydrogens (primary N) is 1. The highest BCUT2D eigenvalue weighted by molar-refractivity contribution is 5.81. The Morgan fingerprint density at radius 3 is 2.29 bits per heavy atom. The molecule has 0 aliphatic rings. The maximum atomic E-state index is 12.3. The smallest absolute Gasteiger partial charge is 0.395 e. The van der Waals surface area contributed by atoms with Crippen LogP contribution in [0.4, 0.5) is 13.2 Å². The number of aliphatic hydroxyl groups is 1. The third kappa shape index (κ3) is 5.85. The molecule has 0 aliphatic heterocycles. The molecule has 0 aliphatic carbocycles. The number of nitrogens with zero attached hydrogens (tertiary/aromatic N) is 1. The topological polar surface area (TPSA) is 78.6 Å². The lowest BCUT2D eigenvalue weighted by Gasteiger charge is -2.32. The van der Waals surface area contributed by atoms with E-state index in [0.717, 1.165) is 4.90 Å². The molecule has 0 rings (SSSR count). The molecule has 0 bridgehead atoms. The molecule has 1 unspecified atom stereocenters. The standard InChI is InChI=1S/C9H18F3N3O2/c1-6(2)7(8(17)14-13)15(3-4-16)5-9(10,11)12/h6-7,16H,3-5,13H2,1-2H3,(H,14,17). The largest absolute Gasteiger partial charge is 0.401 e. The molecule has 0 aromatic carbocycles. The van der Waals surface area contributed by atoms with E-state index in [2.05, 4.69) is 0 Å². The summed E-state index contributed by atoms with van der Waals surface area (Å²) < 4.78 is 37.0. The van der Waals surface area contributed by atoms with E-state index < -0.39 is 31.3 Å².